The first-order valence-electron chi connectivity index (χ1n) is 5.68. The molecule has 7 heteroatoms. The summed E-state index contributed by atoms with van der Waals surface area (Å²) in [4.78, 5) is 11.7. The third-order valence-corrected chi connectivity index (χ3v) is 3.55. The van der Waals surface area contributed by atoms with Crippen molar-refractivity contribution in [2.75, 3.05) is 11.1 Å². The van der Waals surface area contributed by atoms with E-state index in [0.717, 1.165) is 10.2 Å². The minimum absolute atomic E-state index is 0.108. The fourth-order valence-corrected chi connectivity index (χ4v) is 2.14. The summed E-state index contributed by atoms with van der Waals surface area (Å²) in [6.07, 6.45) is 0.693. The summed E-state index contributed by atoms with van der Waals surface area (Å²) in [6, 6.07) is 7.39. The zero-order valence-corrected chi connectivity index (χ0v) is 12.6. The maximum absolute atomic E-state index is 11.7. The van der Waals surface area contributed by atoms with Crippen LogP contribution in [0.1, 0.15) is 12.8 Å². The molecule has 1 aromatic heterocycles. The Bertz CT molecular complexity index is 556. The normalized spacial score (nSPS) is 10.4. The molecular formula is C12H12BrN3O2S. The van der Waals surface area contributed by atoms with Gasteiger partial charge in [-0.15, -0.1) is 10.2 Å². The first-order chi connectivity index (χ1) is 9.17. The average molecular weight is 342 g/mol. The molecule has 1 N–H and O–H groups in total. The Morgan fingerprint density at radius 2 is 2.11 bits per heavy atom. The van der Waals surface area contributed by atoms with Gasteiger partial charge in [-0.3, -0.25) is 4.79 Å². The Balaban J connectivity index is 1.82. The van der Waals surface area contributed by atoms with Crippen molar-refractivity contribution in [3.8, 4) is 0 Å². The van der Waals surface area contributed by atoms with Gasteiger partial charge in [0, 0.05) is 16.6 Å². The van der Waals surface area contributed by atoms with Crippen molar-refractivity contribution in [3.63, 3.8) is 0 Å². The summed E-state index contributed by atoms with van der Waals surface area (Å²) < 4.78 is 6.27. The van der Waals surface area contributed by atoms with Gasteiger partial charge in [0.2, 0.25) is 11.8 Å². The van der Waals surface area contributed by atoms with Crippen LogP contribution in [0, 0.1) is 0 Å². The number of amides is 1. The van der Waals surface area contributed by atoms with Crippen LogP contribution in [0.3, 0.4) is 0 Å². The van der Waals surface area contributed by atoms with Crippen LogP contribution in [0.4, 0.5) is 5.69 Å². The van der Waals surface area contributed by atoms with Crippen molar-refractivity contribution in [1.29, 1.82) is 0 Å². The molecule has 0 saturated carbocycles. The molecule has 0 atom stereocenters. The zero-order chi connectivity index (χ0) is 13.7. The summed E-state index contributed by atoms with van der Waals surface area (Å²) in [7, 11) is 0. The lowest BCUT2D eigenvalue weighted by atomic mass is 10.3. The number of halogens is 1. The lowest BCUT2D eigenvalue weighted by Crippen LogP contribution is -2.13. The van der Waals surface area contributed by atoms with Crippen molar-refractivity contribution in [2.24, 2.45) is 0 Å². The molecule has 0 bridgehead atoms. The summed E-state index contributed by atoms with van der Waals surface area (Å²) >= 11 is 4.56. The number of hydrogen-bond acceptors (Lipinski definition) is 5. The molecule has 2 rings (SSSR count). The molecule has 1 aromatic carbocycles. The maximum atomic E-state index is 11.7. The van der Waals surface area contributed by atoms with Crippen LogP contribution in [0.2, 0.25) is 0 Å². The molecule has 0 aliphatic carbocycles. The zero-order valence-electron chi connectivity index (χ0n) is 10.2. The summed E-state index contributed by atoms with van der Waals surface area (Å²) in [5, 5.41) is 10.9. The Morgan fingerprint density at radius 3 is 2.74 bits per heavy atom. The van der Waals surface area contributed by atoms with Crippen molar-refractivity contribution in [1.82, 2.24) is 10.2 Å². The topological polar surface area (TPSA) is 68.0 Å². The third kappa shape index (κ3) is 4.36. The van der Waals surface area contributed by atoms with Gasteiger partial charge in [-0.25, -0.2) is 0 Å². The molecule has 2 aromatic rings. The lowest BCUT2D eigenvalue weighted by molar-refractivity contribution is -0.113. The molecule has 19 heavy (non-hydrogen) atoms. The number of nitrogens with zero attached hydrogens (tertiary/aromatic N) is 2. The van der Waals surface area contributed by atoms with E-state index in [1.807, 2.05) is 31.2 Å². The maximum Gasteiger partial charge on any atom is 0.277 e. The Morgan fingerprint density at radius 1 is 1.37 bits per heavy atom. The number of nitrogens with one attached hydrogen (secondary N) is 1. The third-order valence-electron chi connectivity index (χ3n) is 2.21. The predicted molar refractivity (Wildman–Crippen MR) is 77.2 cm³/mol. The van der Waals surface area contributed by atoms with Gasteiger partial charge >= 0.3 is 0 Å². The molecule has 0 spiro atoms. The summed E-state index contributed by atoms with van der Waals surface area (Å²) in [5.41, 5.74) is 0.758. The van der Waals surface area contributed by atoms with Gasteiger partial charge < -0.3 is 9.73 Å². The van der Waals surface area contributed by atoms with E-state index >= 15 is 0 Å². The molecule has 0 aliphatic heterocycles. The van der Waals surface area contributed by atoms with E-state index in [2.05, 4.69) is 31.4 Å². The number of aryl methyl sites for hydroxylation is 1. The quantitative estimate of drug-likeness (QED) is 0.846. The average Bonchev–Trinajstić information content (AvgIpc) is 2.87. The predicted octanol–water partition coefficient (Wildman–Crippen LogP) is 3.13. The van der Waals surface area contributed by atoms with Crippen LogP contribution < -0.4 is 5.32 Å². The summed E-state index contributed by atoms with van der Waals surface area (Å²) in [6.45, 7) is 1.93. The second-order valence-corrected chi connectivity index (χ2v) is 5.50. The fraction of sp³-hybridized carbons (Fsp3) is 0.250. The molecule has 100 valence electrons. The van der Waals surface area contributed by atoms with E-state index in [0.29, 0.717) is 17.5 Å². The van der Waals surface area contributed by atoms with Gasteiger partial charge in [-0.2, -0.15) is 0 Å². The second kappa shape index (κ2) is 6.72. The van der Waals surface area contributed by atoms with E-state index in [1.54, 1.807) is 0 Å². The molecule has 0 fully saturated rings. The molecule has 0 radical (unpaired) electrons. The van der Waals surface area contributed by atoms with E-state index in [9.17, 15) is 4.79 Å². The molecule has 0 aliphatic rings. The van der Waals surface area contributed by atoms with Crippen LogP contribution in [0.5, 0.6) is 0 Å². The van der Waals surface area contributed by atoms with Crippen molar-refractivity contribution in [2.45, 2.75) is 18.6 Å². The first-order valence-corrected chi connectivity index (χ1v) is 7.46. The molecule has 0 unspecified atom stereocenters. The van der Waals surface area contributed by atoms with Gasteiger partial charge in [0.05, 0.1) is 5.75 Å². The van der Waals surface area contributed by atoms with Crippen molar-refractivity contribution < 1.29 is 9.21 Å². The summed E-state index contributed by atoms with van der Waals surface area (Å²) in [5.74, 6) is 0.709. The molecule has 5 nitrogen and oxygen atoms in total. The number of rotatable bonds is 5. The second-order valence-electron chi connectivity index (χ2n) is 3.66. The highest BCUT2D eigenvalue weighted by Crippen LogP contribution is 2.18. The monoisotopic (exact) mass is 341 g/mol. The SMILES string of the molecule is CCc1nnc(SCC(=O)Nc2ccc(Br)cc2)o1. The first kappa shape index (κ1) is 14.1. The van der Waals surface area contributed by atoms with Crippen LogP contribution in [0.25, 0.3) is 0 Å². The largest absolute Gasteiger partial charge is 0.416 e. The number of hydrogen-bond donors (Lipinski definition) is 1. The van der Waals surface area contributed by atoms with Crippen molar-refractivity contribution >= 4 is 39.3 Å². The molecule has 1 amide bonds. The number of carbonyl (C=O) groups excluding carboxylic acids is 1. The number of benzene rings is 1. The van der Waals surface area contributed by atoms with E-state index < -0.39 is 0 Å². The van der Waals surface area contributed by atoms with Gasteiger partial charge in [-0.1, -0.05) is 34.6 Å². The van der Waals surface area contributed by atoms with E-state index in [-0.39, 0.29) is 11.7 Å². The lowest BCUT2D eigenvalue weighted by Gasteiger charge is -2.03. The van der Waals surface area contributed by atoms with Crippen LogP contribution in [-0.2, 0) is 11.2 Å². The van der Waals surface area contributed by atoms with Gasteiger partial charge in [-0.05, 0) is 24.3 Å². The van der Waals surface area contributed by atoms with Gasteiger partial charge in [0.25, 0.3) is 5.22 Å². The van der Waals surface area contributed by atoms with E-state index in [4.69, 9.17) is 4.42 Å². The van der Waals surface area contributed by atoms with Crippen LogP contribution in [0.15, 0.2) is 38.4 Å². The van der Waals surface area contributed by atoms with Crippen LogP contribution >= 0.6 is 27.7 Å². The molecular weight excluding hydrogens is 330 g/mol. The molecule has 0 saturated heterocycles. The highest BCUT2D eigenvalue weighted by molar-refractivity contribution is 9.10. The number of carbonyl (C=O) groups is 1. The number of thioether (sulfide) groups is 1. The highest BCUT2D eigenvalue weighted by atomic mass is 79.9. The van der Waals surface area contributed by atoms with Crippen molar-refractivity contribution in [3.05, 3.63) is 34.6 Å². The number of aromatic nitrogens is 2. The highest BCUT2D eigenvalue weighted by Gasteiger charge is 2.08. The van der Waals surface area contributed by atoms with Gasteiger partial charge in [0.1, 0.15) is 0 Å². The van der Waals surface area contributed by atoms with E-state index in [1.165, 1.54) is 11.8 Å². The van der Waals surface area contributed by atoms with Crippen LogP contribution in [-0.4, -0.2) is 21.9 Å². The Hall–Kier alpha value is -1.34. The molecule has 1 heterocycles. The minimum atomic E-state index is -0.108. The van der Waals surface area contributed by atoms with Gasteiger partial charge in [0.15, 0.2) is 0 Å². The Kier molecular flexibility index (Phi) is 4.98. The minimum Gasteiger partial charge on any atom is -0.416 e. The Labute approximate surface area is 123 Å². The standard InChI is InChI=1S/C12H12BrN3O2S/c1-2-11-15-16-12(18-11)19-7-10(17)14-9-5-3-8(13)4-6-9/h3-6H,2,7H2,1H3,(H,14,17). The number of anilines is 1. The smallest absolute Gasteiger partial charge is 0.277 e. The fourth-order valence-electron chi connectivity index (χ4n) is 1.30.